The number of rotatable bonds is 3. The summed E-state index contributed by atoms with van der Waals surface area (Å²) in [5.41, 5.74) is 4.17. The molecule has 0 aromatic carbocycles. The average Bonchev–Trinajstić information content (AvgIpc) is 2.93. The summed E-state index contributed by atoms with van der Waals surface area (Å²) in [6, 6.07) is 4.13. The lowest BCUT2D eigenvalue weighted by Crippen LogP contribution is -2.07. The highest BCUT2D eigenvalue weighted by Crippen LogP contribution is 2.29. The van der Waals surface area contributed by atoms with Crippen LogP contribution >= 0.6 is 11.3 Å². The fourth-order valence-corrected chi connectivity index (χ4v) is 3.34. The molecule has 0 radical (unpaired) electrons. The Kier molecular flexibility index (Phi) is 3.59. The van der Waals surface area contributed by atoms with Crippen molar-refractivity contribution in [2.75, 3.05) is 12.4 Å². The average molecular weight is 298 g/mol. The van der Waals surface area contributed by atoms with E-state index in [1.165, 1.54) is 5.56 Å². The Morgan fingerprint density at radius 1 is 1.24 bits per heavy atom. The van der Waals surface area contributed by atoms with Gasteiger partial charge in [-0.3, -0.25) is 4.98 Å². The number of hydrogen-bond acceptors (Lipinski definition) is 5. The molecule has 0 aliphatic carbocycles. The molecule has 4 nitrogen and oxygen atoms in total. The van der Waals surface area contributed by atoms with E-state index in [1.54, 1.807) is 11.3 Å². The second-order valence-electron chi connectivity index (χ2n) is 5.33. The van der Waals surface area contributed by atoms with Crippen molar-refractivity contribution in [1.82, 2.24) is 15.0 Å². The maximum absolute atomic E-state index is 4.68. The number of nitrogens with zero attached hydrogens (tertiary/aromatic N) is 3. The van der Waals surface area contributed by atoms with Gasteiger partial charge in [0.25, 0.3) is 0 Å². The van der Waals surface area contributed by atoms with E-state index in [1.807, 2.05) is 26.2 Å². The van der Waals surface area contributed by atoms with Gasteiger partial charge in [0.1, 0.15) is 5.82 Å². The predicted octanol–water partition coefficient (Wildman–Crippen LogP) is 4.23. The first-order valence-electron chi connectivity index (χ1n) is 7.00. The summed E-state index contributed by atoms with van der Waals surface area (Å²) < 4.78 is 1.16. The van der Waals surface area contributed by atoms with Crippen molar-refractivity contribution in [2.45, 2.75) is 26.7 Å². The van der Waals surface area contributed by atoms with Gasteiger partial charge in [-0.25, -0.2) is 9.97 Å². The summed E-state index contributed by atoms with van der Waals surface area (Å²) in [5.74, 6) is 2.02. The van der Waals surface area contributed by atoms with Crippen molar-refractivity contribution in [3.8, 4) is 11.4 Å². The Labute approximate surface area is 128 Å². The van der Waals surface area contributed by atoms with Gasteiger partial charge >= 0.3 is 0 Å². The number of pyridine rings is 1. The molecule has 0 unspecified atom stereocenters. The van der Waals surface area contributed by atoms with Crippen molar-refractivity contribution < 1.29 is 0 Å². The predicted molar refractivity (Wildman–Crippen MR) is 89.0 cm³/mol. The van der Waals surface area contributed by atoms with Gasteiger partial charge in [0, 0.05) is 30.1 Å². The zero-order chi connectivity index (χ0) is 15.0. The summed E-state index contributed by atoms with van der Waals surface area (Å²) >= 11 is 1.68. The first-order valence-corrected chi connectivity index (χ1v) is 7.88. The molecular weight excluding hydrogens is 280 g/mol. The van der Waals surface area contributed by atoms with Gasteiger partial charge in [-0.2, -0.15) is 0 Å². The van der Waals surface area contributed by atoms with Gasteiger partial charge in [-0.05, 0) is 30.4 Å². The quantitative estimate of drug-likeness (QED) is 0.786. The topological polar surface area (TPSA) is 50.7 Å². The Morgan fingerprint density at radius 2 is 2.05 bits per heavy atom. The third kappa shape index (κ3) is 2.49. The van der Waals surface area contributed by atoms with Crippen molar-refractivity contribution in [1.29, 1.82) is 0 Å². The van der Waals surface area contributed by atoms with E-state index in [2.05, 4.69) is 45.6 Å². The molecule has 0 bridgehead atoms. The smallest absolute Gasteiger partial charge is 0.163 e. The van der Waals surface area contributed by atoms with Gasteiger partial charge in [-0.15, -0.1) is 11.3 Å². The van der Waals surface area contributed by atoms with Crippen LogP contribution in [0.15, 0.2) is 23.7 Å². The van der Waals surface area contributed by atoms with Gasteiger partial charge in [0.2, 0.25) is 0 Å². The molecule has 0 atom stereocenters. The van der Waals surface area contributed by atoms with Crippen molar-refractivity contribution in [2.24, 2.45) is 0 Å². The normalized spacial score (nSPS) is 11.3. The van der Waals surface area contributed by atoms with Crippen molar-refractivity contribution >= 4 is 27.4 Å². The summed E-state index contributed by atoms with van der Waals surface area (Å²) in [5, 5.41) is 5.24. The van der Waals surface area contributed by atoms with Crippen molar-refractivity contribution in [3.63, 3.8) is 0 Å². The molecule has 5 heteroatoms. The summed E-state index contributed by atoms with van der Waals surface area (Å²) in [6.45, 7) is 6.36. The summed E-state index contributed by atoms with van der Waals surface area (Å²) in [6.07, 6.45) is 1.85. The van der Waals surface area contributed by atoms with Crippen LogP contribution in [-0.2, 0) is 0 Å². The number of fused-ring (bicyclic) bond motifs is 1. The number of aromatic nitrogens is 3. The fraction of sp³-hybridized carbons (Fsp3) is 0.312. The van der Waals surface area contributed by atoms with Crippen LogP contribution in [0.5, 0.6) is 0 Å². The Bertz CT molecular complexity index is 792. The van der Waals surface area contributed by atoms with E-state index in [9.17, 15) is 0 Å². The highest BCUT2D eigenvalue weighted by molar-refractivity contribution is 7.17. The molecular formula is C16H18N4S. The molecule has 0 amide bonds. The molecule has 0 fully saturated rings. The number of nitrogens with one attached hydrogen (secondary N) is 1. The Balaban J connectivity index is 2.15. The molecule has 0 aliphatic heterocycles. The lowest BCUT2D eigenvalue weighted by Gasteiger charge is -2.15. The number of thiophene rings is 1. The van der Waals surface area contributed by atoms with Gasteiger partial charge in [-0.1, -0.05) is 13.8 Å². The first kappa shape index (κ1) is 13.9. The Morgan fingerprint density at radius 3 is 2.76 bits per heavy atom. The third-order valence-corrected chi connectivity index (χ3v) is 4.36. The zero-order valence-corrected chi connectivity index (χ0v) is 13.5. The largest absolute Gasteiger partial charge is 0.373 e. The standard InChI is InChI=1S/C16H18N4S/c1-9(2)14-10(3)19-15(20-16(14)17-4)11-7-13-12(18-8-11)5-6-21-13/h5-9H,1-4H3,(H,17,19,20). The maximum Gasteiger partial charge on any atom is 0.163 e. The SMILES string of the molecule is CNc1nc(-c2cnc3ccsc3c2)nc(C)c1C(C)C. The van der Waals surface area contributed by atoms with Crippen LogP contribution in [0.1, 0.15) is 31.0 Å². The molecule has 0 spiro atoms. The molecule has 0 saturated heterocycles. The van der Waals surface area contributed by atoms with Crippen LogP contribution in [0.2, 0.25) is 0 Å². The second kappa shape index (κ2) is 5.41. The molecule has 0 aliphatic rings. The lowest BCUT2D eigenvalue weighted by molar-refractivity contribution is 0.833. The third-order valence-electron chi connectivity index (χ3n) is 3.51. The molecule has 3 heterocycles. The van der Waals surface area contributed by atoms with Crippen LogP contribution in [0.4, 0.5) is 5.82 Å². The summed E-state index contributed by atoms with van der Waals surface area (Å²) in [7, 11) is 1.90. The van der Waals surface area contributed by atoms with Crippen LogP contribution in [0.25, 0.3) is 21.6 Å². The summed E-state index contributed by atoms with van der Waals surface area (Å²) in [4.78, 5) is 13.8. The Hall–Kier alpha value is -2.01. The number of anilines is 1. The minimum absolute atomic E-state index is 0.388. The van der Waals surface area contributed by atoms with Crippen LogP contribution in [-0.4, -0.2) is 22.0 Å². The van der Waals surface area contributed by atoms with Crippen LogP contribution < -0.4 is 5.32 Å². The number of aryl methyl sites for hydroxylation is 1. The molecule has 1 N–H and O–H groups in total. The van der Waals surface area contributed by atoms with Crippen LogP contribution in [0, 0.1) is 6.92 Å². The highest BCUT2D eigenvalue weighted by Gasteiger charge is 2.15. The van der Waals surface area contributed by atoms with Crippen molar-refractivity contribution in [3.05, 3.63) is 35.0 Å². The minimum atomic E-state index is 0.388. The van der Waals surface area contributed by atoms with Gasteiger partial charge in [0.15, 0.2) is 5.82 Å². The highest BCUT2D eigenvalue weighted by atomic mass is 32.1. The van der Waals surface area contributed by atoms with E-state index in [-0.39, 0.29) is 0 Å². The first-order chi connectivity index (χ1) is 10.1. The van der Waals surface area contributed by atoms with Gasteiger partial charge < -0.3 is 5.32 Å². The fourth-order valence-electron chi connectivity index (χ4n) is 2.56. The minimum Gasteiger partial charge on any atom is -0.373 e. The molecule has 3 rings (SSSR count). The van der Waals surface area contributed by atoms with Crippen LogP contribution in [0.3, 0.4) is 0 Å². The number of hydrogen-bond donors (Lipinski definition) is 1. The zero-order valence-electron chi connectivity index (χ0n) is 12.6. The van der Waals surface area contributed by atoms with E-state index in [4.69, 9.17) is 0 Å². The monoisotopic (exact) mass is 298 g/mol. The molecule has 0 saturated carbocycles. The molecule has 3 aromatic heterocycles. The van der Waals surface area contributed by atoms with E-state index < -0.39 is 0 Å². The lowest BCUT2D eigenvalue weighted by atomic mass is 10.0. The molecule has 108 valence electrons. The van der Waals surface area contributed by atoms with Gasteiger partial charge in [0.05, 0.1) is 10.2 Å². The molecule has 21 heavy (non-hydrogen) atoms. The van der Waals surface area contributed by atoms with E-state index in [0.29, 0.717) is 5.92 Å². The maximum atomic E-state index is 4.68. The second-order valence-corrected chi connectivity index (χ2v) is 6.28. The van der Waals surface area contributed by atoms with E-state index >= 15 is 0 Å². The van der Waals surface area contributed by atoms with E-state index in [0.717, 1.165) is 33.1 Å². The molecule has 3 aromatic rings.